The molecular weight excluding hydrogens is 203 g/mol. The van der Waals surface area contributed by atoms with E-state index in [1.807, 2.05) is 19.1 Å². The number of pyridine rings is 1. The number of benzene rings is 1. The Hall–Kier alpha value is -1.74. The van der Waals surface area contributed by atoms with Gasteiger partial charge in [-0.1, -0.05) is 12.1 Å². The Balaban J connectivity index is 2.53. The summed E-state index contributed by atoms with van der Waals surface area (Å²) in [7, 11) is 0. The molecule has 2 nitrogen and oxygen atoms in total. The minimum absolute atomic E-state index is 0.257. The van der Waals surface area contributed by atoms with Crippen LogP contribution in [0.15, 0.2) is 36.5 Å². The predicted molar refractivity (Wildman–Crippen MR) is 62.3 cm³/mol. The number of nitrogens with two attached hydrogens (primary N) is 1. The predicted octanol–water partition coefficient (Wildman–Crippen LogP) is 2.65. The lowest BCUT2D eigenvalue weighted by Gasteiger charge is -2.08. The van der Waals surface area contributed by atoms with Crippen molar-refractivity contribution < 1.29 is 4.39 Å². The highest BCUT2D eigenvalue weighted by Crippen LogP contribution is 2.23. The summed E-state index contributed by atoms with van der Waals surface area (Å²) >= 11 is 0. The van der Waals surface area contributed by atoms with Crippen LogP contribution in [0.5, 0.6) is 0 Å². The molecular formula is C13H13FN2. The van der Waals surface area contributed by atoms with Gasteiger partial charge in [-0.25, -0.2) is 4.39 Å². The van der Waals surface area contributed by atoms with E-state index in [1.54, 1.807) is 12.3 Å². The molecule has 16 heavy (non-hydrogen) atoms. The van der Waals surface area contributed by atoms with Crippen molar-refractivity contribution in [2.75, 3.05) is 0 Å². The molecule has 2 N–H and O–H groups in total. The van der Waals surface area contributed by atoms with Crippen molar-refractivity contribution in [2.45, 2.75) is 13.5 Å². The molecule has 2 rings (SSSR count). The van der Waals surface area contributed by atoms with E-state index < -0.39 is 0 Å². The molecule has 3 heteroatoms. The summed E-state index contributed by atoms with van der Waals surface area (Å²) < 4.78 is 13.2. The molecule has 2 aromatic rings. The Kier molecular flexibility index (Phi) is 2.97. The highest BCUT2D eigenvalue weighted by atomic mass is 19.1. The lowest BCUT2D eigenvalue weighted by atomic mass is 10.0. The fourth-order valence-corrected chi connectivity index (χ4v) is 1.62. The van der Waals surface area contributed by atoms with Crippen LogP contribution in [-0.4, -0.2) is 4.98 Å². The molecule has 0 radical (unpaired) electrons. The van der Waals surface area contributed by atoms with Gasteiger partial charge < -0.3 is 5.73 Å². The van der Waals surface area contributed by atoms with Gasteiger partial charge in [0.15, 0.2) is 0 Å². The number of aromatic nitrogens is 1. The van der Waals surface area contributed by atoms with Gasteiger partial charge in [0.2, 0.25) is 0 Å². The smallest absolute Gasteiger partial charge is 0.123 e. The van der Waals surface area contributed by atoms with Crippen LogP contribution in [-0.2, 0) is 6.54 Å². The fraction of sp³-hybridized carbons (Fsp3) is 0.154. The molecule has 0 spiro atoms. The number of hydrogen-bond donors (Lipinski definition) is 1. The molecule has 0 aliphatic carbocycles. The van der Waals surface area contributed by atoms with Crippen LogP contribution in [0.1, 0.15) is 11.3 Å². The number of aryl methyl sites for hydroxylation is 1. The summed E-state index contributed by atoms with van der Waals surface area (Å²) in [6, 6.07) is 8.46. The van der Waals surface area contributed by atoms with Gasteiger partial charge in [0, 0.05) is 24.0 Å². The molecule has 82 valence electrons. The molecule has 0 aliphatic heterocycles. The Morgan fingerprint density at radius 3 is 2.69 bits per heavy atom. The molecule has 0 unspecified atom stereocenters. The van der Waals surface area contributed by atoms with Crippen molar-refractivity contribution in [3.05, 3.63) is 53.6 Å². The Bertz CT molecular complexity index is 492. The van der Waals surface area contributed by atoms with E-state index in [-0.39, 0.29) is 5.82 Å². The van der Waals surface area contributed by atoms with Crippen LogP contribution in [0.25, 0.3) is 11.1 Å². The van der Waals surface area contributed by atoms with Gasteiger partial charge in [-0.3, -0.25) is 4.98 Å². The fourth-order valence-electron chi connectivity index (χ4n) is 1.62. The summed E-state index contributed by atoms with van der Waals surface area (Å²) in [5, 5.41) is 0. The van der Waals surface area contributed by atoms with Crippen LogP contribution < -0.4 is 5.73 Å². The first-order valence-corrected chi connectivity index (χ1v) is 5.12. The van der Waals surface area contributed by atoms with E-state index in [0.29, 0.717) is 6.54 Å². The van der Waals surface area contributed by atoms with Crippen molar-refractivity contribution in [3.63, 3.8) is 0 Å². The maximum Gasteiger partial charge on any atom is 0.123 e. The van der Waals surface area contributed by atoms with E-state index in [4.69, 9.17) is 5.73 Å². The Morgan fingerprint density at radius 1 is 1.25 bits per heavy atom. The first kappa shape index (κ1) is 10.8. The number of hydrogen-bond acceptors (Lipinski definition) is 2. The van der Waals surface area contributed by atoms with Crippen molar-refractivity contribution in [2.24, 2.45) is 5.73 Å². The molecule has 0 bridgehead atoms. The summed E-state index contributed by atoms with van der Waals surface area (Å²) in [6.45, 7) is 2.31. The van der Waals surface area contributed by atoms with Gasteiger partial charge in [-0.2, -0.15) is 0 Å². The lowest BCUT2D eigenvalue weighted by Crippen LogP contribution is -1.99. The summed E-state index contributed by atoms with van der Waals surface area (Å²) in [5.41, 5.74) is 9.20. The van der Waals surface area contributed by atoms with Crippen molar-refractivity contribution in [3.8, 4) is 11.1 Å². The van der Waals surface area contributed by atoms with Crippen LogP contribution in [0, 0.1) is 12.7 Å². The molecule has 0 fully saturated rings. The third-order valence-corrected chi connectivity index (χ3v) is 2.51. The molecule has 1 heterocycles. The molecule has 0 atom stereocenters. The van der Waals surface area contributed by atoms with Crippen molar-refractivity contribution >= 4 is 0 Å². The average molecular weight is 216 g/mol. The zero-order valence-corrected chi connectivity index (χ0v) is 9.07. The van der Waals surface area contributed by atoms with Crippen molar-refractivity contribution in [1.82, 2.24) is 4.98 Å². The quantitative estimate of drug-likeness (QED) is 0.838. The van der Waals surface area contributed by atoms with Gasteiger partial charge in [-0.15, -0.1) is 0 Å². The van der Waals surface area contributed by atoms with E-state index in [0.717, 1.165) is 22.4 Å². The topological polar surface area (TPSA) is 38.9 Å². The molecule has 0 saturated carbocycles. The van der Waals surface area contributed by atoms with Crippen LogP contribution in [0.3, 0.4) is 0 Å². The zero-order valence-electron chi connectivity index (χ0n) is 9.07. The van der Waals surface area contributed by atoms with Crippen LogP contribution >= 0.6 is 0 Å². The third-order valence-electron chi connectivity index (χ3n) is 2.51. The standard InChI is InChI=1S/C13H13FN2/c1-9-2-3-11(8-16-9)13-6-12(14)5-4-10(13)7-15/h2-6,8H,7,15H2,1H3. The summed E-state index contributed by atoms with van der Waals surface area (Å²) in [4.78, 5) is 4.20. The van der Waals surface area contributed by atoms with E-state index in [2.05, 4.69) is 4.98 Å². The number of rotatable bonds is 2. The molecule has 1 aromatic heterocycles. The van der Waals surface area contributed by atoms with Crippen LogP contribution in [0.4, 0.5) is 4.39 Å². The first-order valence-electron chi connectivity index (χ1n) is 5.12. The van der Waals surface area contributed by atoms with E-state index in [9.17, 15) is 4.39 Å². The highest BCUT2D eigenvalue weighted by Gasteiger charge is 2.05. The molecule has 0 amide bonds. The van der Waals surface area contributed by atoms with Crippen molar-refractivity contribution in [1.29, 1.82) is 0 Å². The minimum atomic E-state index is -0.257. The van der Waals surface area contributed by atoms with Gasteiger partial charge in [-0.05, 0) is 36.2 Å². The minimum Gasteiger partial charge on any atom is -0.326 e. The van der Waals surface area contributed by atoms with Gasteiger partial charge in [0.1, 0.15) is 5.82 Å². The molecule has 0 saturated heterocycles. The molecule has 0 aliphatic rings. The average Bonchev–Trinajstić information content (AvgIpc) is 2.30. The lowest BCUT2D eigenvalue weighted by molar-refractivity contribution is 0.627. The number of nitrogens with zero attached hydrogens (tertiary/aromatic N) is 1. The van der Waals surface area contributed by atoms with E-state index >= 15 is 0 Å². The summed E-state index contributed by atoms with van der Waals surface area (Å²) in [5.74, 6) is -0.257. The molecule has 1 aromatic carbocycles. The second-order valence-corrected chi connectivity index (χ2v) is 3.69. The monoisotopic (exact) mass is 216 g/mol. The maximum atomic E-state index is 13.2. The highest BCUT2D eigenvalue weighted by molar-refractivity contribution is 5.66. The van der Waals surface area contributed by atoms with E-state index in [1.165, 1.54) is 12.1 Å². The van der Waals surface area contributed by atoms with Gasteiger partial charge in [0.25, 0.3) is 0 Å². The largest absolute Gasteiger partial charge is 0.326 e. The first-order chi connectivity index (χ1) is 7.70. The summed E-state index contributed by atoms with van der Waals surface area (Å²) in [6.07, 6.45) is 1.74. The number of halogens is 1. The zero-order chi connectivity index (χ0) is 11.5. The normalized spacial score (nSPS) is 10.4. The van der Waals surface area contributed by atoms with Gasteiger partial charge in [0.05, 0.1) is 0 Å². The second-order valence-electron chi connectivity index (χ2n) is 3.69. The third kappa shape index (κ3) is 2.09. The maximum absolute atomic E-state index is 13.2. The Labute approximate surface area is 93.9 Å². The SMILES string of the molecule is Cc1ccc(-c2cc(F)ccc2CN)cn1. The Morgan fingerprint density at radius 2 is 2.06 bits per heavy atom. The second kappa shape index (κ2) is 4.41. The van der Waals surface area contributed by atoms with Gasteiger partial charge >= 0.3 is 0 Å². The van der Waals surface area contributed by atoms with Crippen LogP contribution in [0.2, 0.25) is 0 Å².